The highest BCUT2D eigenvalue weighted by Crippen LogP contribution is 2.18. The van der Waals surface area contributed by atoms with Gasteiger partial charge < -0.3 is 0 Å². The van der Waals surface area contributed by atoms with Gasteiger partial charge in [0.15, 0.2) is 9.84 Å². The number of alkyl halides is 1. The van der Waals surface area contributed by atoms with Crippen LogP contribution in [0, 0.1) is 0 Å². The number of halogens is 1. The van der Waals surface area contributed by atoms with Gasteiger partial charge in [-0.2, -0.15) is 11.8 Å². The third-order valence-electron chi connectivity index (χ3n) is 2.18. The van der Waals surface area contributed by atoms with Gasteiger partial charge in [0, 0.05) is 11.5 Å². The second kappa shape index (κ2) is 8.88. The topological polar surface area (TPSA) is 34.1 Å². The van der Waals surface area contributed by atoms with E-state index in [-0.39, 0.29) is 9.91 Å². The third-order valence-corrected chi connectivity index (χ3v) is 7.75. The van der Waals surface area contributed by atoms with E-state index in [1.807, 2.05) is 0 Å². The van der Waals surface area contributed by atoms with Crippen LogP contribution in [-0.4, -0.2) is 29.8 Å². The van der Waals surface area contributed by atoms with Crippen molar-refractivity contribution in [2.75, 3.05) is 17.3 Å². The monoisotopic (exact) mass is 316 g/mol. The maximum atomic E-state index is 11.4. The molecule has 0 heterocycles. The molecule has 5 heteroatoms. The molecule has 0 aliphatic rings. The first kappa shape index (κ1) is 15.8. The van der Waals surface area contributed by atoms with Crippen LogP contribution in [0.2, 0.25) is 0 Å². The van der Waals surface area contributed by atoms with E-state index in [1.165, 1.54) is 25.7 Å². The molecule has 0 aromatic rings. The average Bonchev–Trinajstić information content (AvgIpc) is 2.22. The van der Waals surface area contributed by atoms with Crippen LogP contribution in [-0.2, 0) is 9.84 Å². The SMILES string of the molecule is CCCCCCSCC(Br)S(=O)(=O)CC. The number of hydrogen-bond acceptors (Lipinski definition) is 3. The summed E-state index contributed by atoms with van der Waals surface area (Å²) < 4.78 is 22.4. The number of hydrogen-bond donors (Lipinski definition) is 0. The van der Waals surface area contributed by atoms with E-state index in [4.69, 9.17) is 0 Å². The van der Waals surface area contributed by atoms with Crippen molar-refractivity contribution in [1.82, 2.24) is 0 Å². The third kappa shape index (κ3) is 7.64. The van der Waals surface area contributed by atoms with Crippen LogP contribution in [0.25, 0.3) is 0 Å². The van der Waals surface area contributed by atoms with E-state index in [0.29, 0.717) is 5.75 Å². The molecule has 0 aliphatic heterocycles. The molecule has 0 fully saturated rings. The predicted octanol–water partition coefficient (Wildman–Crippen LogP) is 3.46. The van der Waals surface area contributed by atoms with E-state index in [9.17, 15) is 8.42 Å². The lowest BCUT2D eigenvalue weighted by molar-refractivity contribution is 0.597. The van der Waals surface area contributed by atoms with Crippen molar-refractivity contribution < 1.29 is 8.42 Å². The van der Waals surface area contributed by atoms with Crippen LogP contribution in [0.3, 0.4) is 0 Å². The van der Waals surface area contributed by atoms with Gasteiger partial charge in [-0.25, -0.2) is 8.42 Å². The maximum Gasteiger partial charge on any atom is 0.163 e. The van der Waals surface area contributed by atoms with Crippen molar-refractivity contribution in [1.29, 1.82) is 0 Å². The van der Waals surface area contributed by atoms with Gasteiger partial charge in [0.2, 0.25) is 0 Å². The molecule has 0 radical (unpaired) electrons. The fourth-order valence-corrected chi connectivity index (χ4v) is 4.69. The summed E-state index contributed by atoms with van der Waals surface area (Å²) in [5.74, 6) is 1.96. The summed E-state index contributed by atoms with van der Waals surface area (Å²) in [5, 5.41) is 0. The number of unbranched alkanes of at least 4 members (excludes halogenated alkanes) is 3. The van der Waals surface area contributed by atoms with Crippen molar-refractivity contribution in [2.45, 2.75) is 43.7 Å². The Balaban J connectivity index is 3.52. The molecule has 2 nitrogen and oxygen atoms in total. The maximum absolute atomic E-state index is 11.4. The summed E-state index contributed by atoms with van der Waals surface area (Å²) in [5.41, 5.74) is 0. The minimum absolute atomic E-state index is 0.222. The molecule has 0 bridgehead atoms. The summed E-state index contributed by atoms with van der Waals surface area (Å²) >= 11 is 4.96. The second-order valence-corrected chi connectivity index (χ2v) is 8.83. The molecule has 0 spiro atoms. The second-order valence-electron chi connectivity index (χ2n) is 3.50. The minimum atomic E-state index is -2.90. The molecule has 0 saturated heterocycles. The Hall–Kier alpha value is 0.780. The van der Waals surface area contributed by atoms with Crippen molar-refractivity contribution in [3.05, 3.63) is 0 Å². The molecule has 92 valence electrons. The Bertz CT molecular complexity index is 240. The zero-order valence-electron chi connectivity index (χ0n) is 9.54. The highest BCUT2D eigenvalue weighted by molar-refractivity contribution is 9.11. The largest absolute Gasteiger partial charge is 0.228 e. The molecular formula is C10H21BrO2S2. The molecule has 1 atom stereocenters. The number of thioether (sulfide) groups is 1. The van der Waals surface area contributed by atoms with Crippen molar-refractivity contribution in [2.24, 2.45) is 0 Å². The number of rotatable bonds is 9. The van der Waals surface area contributed by atoms with Gasteiger partial charge in [-0.15, -0.1) is 0 Å². The van der Waals surface area contributed by atoms with Crippen LogP contribution in [0.5, 0.6) is 0 Å². The molecule has 0 aromatic heterocycles. The fraction of sp³-hybridized carbons (Fsp3) is 1.00. The first-order valence-corrected chi connectivity index (χ1v) is 9.26. The van der Waals surface area contributed by atoms with Gasteiger partial charge in [-0.1, -0.05) is 49.0 Å². The zero-order valence-corrected chi connectivity index (χ0v) is 12.8. The summed E-state index contributed by atoms with van der Waals surface area (Å²) in [6.07, 6.45) is 4.99. The standard InChI is InChI=1S/C10H21BrO2S2/c1-3-5-6-7-8-14-9-10(11)15(12,13)4-2/h10H,3-9H2,1-2H3. The summed E-state index contributed by atoms with van der Waals surface area (Å²) in [7, 11) is -2.90. The minimum Gasteiger partial charge on any atom is -0.228 e. The van der Waals surface area contributed by atoms with Gasteiger partial charge in [-0.3, -0.25) is 0 Å². The molecule has 0 rings (SSSR count). The van der Waals surface area contributed by atoms with E-state index in [0.717, 1.165) is 5.75 Å². The van der Waals surface area contributed by atoms with Gasteiger partial charge in [-0.05, 0) is 12.2 Å². The molecule has 0 N–H and O–H groups in total. The molecule has 0 saturated carbocycles. The van der Waals surface area contributed by atoms with Crippen LogP contribution in [0.4, 0.5) is 0 Å². The lowest BCUT2D eigenvalue weighted by atomic mass is 10.2. The Labute approximate surface area is 107 Å². The van der Waals surface area contributed by atoms with E-state index < -0.39 is 9.84 Å². The fourth-order valence-electron chi connectivity index (χ4n) is 1.09. The Morgan fingerprint density at radius 2 is 1.87 bits per heavy atom. The molecule has 0 aromatic carbocycles. The van der Waals surface area contributed by atoms with E-state index >= 15 is 0 Å². The van der Waals surface area contributed by atoms with Gasteiger partial charge in [0.25, 0.3) is 0 Å². The lowest BCUT2D eigenvalue weighted by Crippen LogP contribution is -2.19. The van der Waals surface area contributed by atoms with Crippen molar-refractivity contribution in [3.8, 4) is 0 Å². The van der Waals surface area contributed by atoms with E-state index in [2.05, 4.69) is 22.9 Å². The number of sulfone groups is 1. The normalized spacial score (nSPS) is 14.1. The van der Waals surface area contributed by atoms with Crippen LogP contribution >= 0.6 is 27.7 Å². The zero-order chi connectivity index (χ0) is 11.7. The Kier molecular flexibility index (Phi) is 9.34. The smallest absolute Gasteiger partial charge is 0.163 e. The molecule has 0 amide bonds. The quantitative estimate of drug-likeness (QED) is 0.482. The molecule has 1 unspecified atom stereocenters. The lowest BCUT2D eigenvalue weighted by Gasteiger charge is -2.08. The summed E-state index contributed by atoms with van der Waals surface area (Å²) in [4.78, 5) is 0. The van der Waals surface area contributed by atoms with Gasteiger partial charge >= 0.3 is 0 Å². The molecule has 15 heavy (non-hydrogen) atoms. The van der Waals surface area contributed by atoms with Crippen molar-refractivity contribution >= 4 is 37.5 Å². The van der Waals surface area contributed by atoms with Crippen LogP contribution in [0.15, 0.2) is 0 Å². The first-order valence-electron chi connectivity index (χ1n) is 5.48. The van der Waals surface area contributed by atoms with Crippen LogP contribution in [0.1, 0.15) is 39.5 Å². The van der Waals surface area contributed by atoms with Crippen LogP contribution < -0.4 is 0 Å². The molecular weight excluding hydrogens is 296 g/mol. The Morgan fingerprint density at radius 3 is 2.40 bits per heavy atom. The summed E-state index contributed by atoms with van der Waals surface area (Å²) in [6.45, 7) is 3.88. The average molecular weight is 317 g/mol. The Morgan fingerprint density at radius 1 is 1.20 bits per heavy atom. The summed E-state index contributed by atoms with van der Waals surface area (Å²) in [6, 6.07) is 0. The van der Waals surface area contributed by atoms with Gasteiger partial charge in [0.05, 0.1) is 0 Å². The highest BCUT2D eigenvalue weighted by Gasteiger charge is 2.19. The highest BCUT2D eigenvalue weighted by atomic mass is 79.9. The van der Waals surface area contributed by atoms with Crippen molar-refractivity contribution in [3.63, 3.8) is 0 Å². The van der Waals surface area contributed by atoms with Gasteiger partial charge in [0.1, 0.15) is 4.16 Å². The first-order chi connectivity index (χ1) is 7.04. The predicted molar refractivity (Wildman–Crippen MR) is 73.6 cm³/mol. The molecule has 0 aliphatic carbocycles. The van der Waals surface area contributed by atoms with E-state index in [1.54, 1.807) is 18.7 Å².